The smallest absolute Gasteiger partial charge is 0.338 e. The Labute approximate surface area is 227 Å². The second kappa shape index (κ2) is 11.8. The summed E-state index contributed by atoms with van der Waals surface area (Å²) in [5, 5.41) is 0. The van der Waals surface area contributed by atoms with Crippen molar-refractivity contribution in [2.24, 2.45) is 10.9 Å². The van der Waals surface area contributed by atoms with Gasteiger partial charge in [0.2, 0.25) is 0 Å². The zero-order valence-electron chi connectivity index (χ0n) is 19.8. The molecule has 0 saturated carbocycles. The van der Waals surface area contributed by atoms with E-state index in [4.69, 9.17) is 16.3 Å². The van der Waals surface area contributed by atoms with E-state index in [-0.39, 0.29) is 23.3 Å². The number of aryl methyl sites for hydroxylation is 1. The fraction of sp³-hybridized carbons (Fsp3) is 0.435. The summed E-state index contributed by atoms with van der Waals surface area (Å²) >= 11 is 9.97. The van der Waals surface area contributed by atoms with Crippen LogP contribution < -0.4 is 4.80 Å². The van der Waals surface area contributed by atoms with Crippen molar-refractivity contribution < 1.29 is 22.7 Å². The first kappa shape index (κ1) is 27.3. The van der Waals surface area contributed by atoms with Gasteiger partial charge in [0.25, 0.3) is 15.9 Å². The largest absolute Gasteiger partial charge is 0.462 e. The van der Waals surface area contributed by atoms with E-state index in [0.717, 1.165) is 27.3 Å². The van der Waals surface area contributed by atoms with E-state index in [9.17, 15) is 18.0 Å². The van der Waals surface area contributed by atoms with Crippen molar-refractivity contribution in [3.63, 3.8) is 0 Å². The van der Waals surface area contributed by atoms with E-state index in [1.54, 1.807) is 36.9 Å². The van der Waals surface area contributed by atoms with Crippen LogP contribution >= 0.6 is 46.0 Å². The number of esters is 1. The number of nitrogens with zero attached hydrogens (tertiary/aromatic N) is 3. The van der Waals surface area contributed by atoms with E-state index < -0.39 is 21.9 Å². The third-order valence-corrected chi connectivity index (χ3v) is 11.0. The van der Waals surface area contributed by atoms with Crippen molar-refractivity contribution >= 4 is 78.2 Å². The fourth-order valence-corrected chi connectivity index (χ4v) is 8.64. The Hall–Kier alpha value is -1.70. The molecule has 3 aromatic rings. The lowest BCUT2D eigenvalue weighted by molar-refractivity contribution is -0.122. The number of thiophene rings is 1. The quantitative estimate of drug-likeness (QED) is 0.360. The number of thioether (sulfide) groups is 1. The number of sulfonamides is 1. The summed E-state index contributed by atoms with van der Waals surface area (Å²) in [6, 6.07) is 8.38. The van der Waals surface area contributed by atoms with Crippen LogP contribution in [0.25, 0.3) is 10.2 Å². The average Bonchev–Trinajstić information content (AvgIpc) is 3.46. The van der Waals surface area contributed by atoms with Gasteiger partial charge in [-0.15, -0.1) is 11.3 Å². The molecule has 1 unspecified atom stereocenters. The highest BCUT2D eigenvalue weighted by Crippen LogP contribution is 2.31. The Kier molecular flexibility index (Phi) is 8.95. The van der Waals surface area contributed by atoms with E-state index in [1.807, 2.05) is 16.9 Å². The van der Waals surface area contributed by atoms with Crippen molar-refractivity contribution in [3.8, 4) is 0 Å². The highest BCUT2D eigenvalue weighted by Gasteiger charge is 2.34. The molecule has 13 heteroatoms. The number of benzene rings is 1. The van der Waals surface area contributed by atoms with Gasteiger partial charge in [-0.25, -0.2) is 13.2 Å². The predicted octanol–water partition coefficient (Wildman–Crippen LogP) is 4.49. The zero-order chi connectivity index (χ0) is 25.9. The van der Waals surface area contributed by atoms with Crippen molar-refractivity contribution in [2.45, 2.75) is 30.5 Å². The summed E-state index contributed by atoms with van der Waals surface area (Å²) in [6.07, 6.45) is 3.15. The molecule has 8 nitrogen and oxygen atoms in total. The SMILES string of the molecule is CCOC(=O)c1ccc2c(c1)sc(=NC(=O)C1CCCN(S(=O)(=O)c3ccc(Cl)s3)C1)n2CCSC. The highest BCUT2D eigenvalue weighted by atomic mass is 35.5. The van der Waals surface area contributed by atoms with Crippen LogP contribution in [0, 0.1) is 5.92 Å². The van der Waals surface area contributed by atoms with Crippen LogP contribution in [0.5, 0.6) is 0 Å². The summed E-state index contributed by atoms with van der Waals surface area (Å²) in [4.78, 5) is 30.4. The van der Waals surface area contributed by atoms with Crippen LogP contribution in [0.2, 0.25) is 4.34 Å². The molecule has 1 atom stereocenters. The molecule has 0 radical (unpaired) electrons. The molecule has 2 aromatic heterocycles. The topological polar surface area (TPSA) is 98.0 Å². The second-order valence-corrected chi connectivity index (χ2v) is 14.0. The minimum atomic E-state index is -3.71. The molecule has 0 aliphatic carbocycles. The van der Waals surface area contributed by atoms with Crippen LogP contribution in [0.3, 0.4) is 0 Å². The van der Waals surface area contributed by atoms with Gasteiger partial charge in [-0.3, -0.25) is 4.79 Å². The number of halogens is 1. The minimum Gasteiger partial charge on any atom is -0.462 e. The van der Waals surface area contributed by atoms with Gasteiger partial charge in [-0.05, 0) is 56.4 Å². The number of carbonyl (C=O) groups excluding carboxylic acids is 2. The number of hydrogen-bond donors (Lipinski definition) is 0. The Morgan fingerprint density at radius 2 is 2.06 bits per heavy atom. The molecule has 1 amide bonds. The van der Waals surface area contributed by atoms with Gasteiger partial charge in [0.15, 0.2) is 4.80 Å². The van der Waals surface area contributed by atoms with Crippen LogP contribution in [0.1, 0.15) is 30.1 Å². The van der Waals surface area contributed by atoms with E-state index in [2.05, 4.69) is 4.99 Å². The normalized spacial score (nSPS) is 17.5. The molecule has 1 aliphatic rings. The fourth-order valence-electron chi connectivity index (χ4n) is 4.01. The number of fused-ring (bicyclic) bond motifs is 1. The van der Waals surface area contributed by atoms with E-state index in [1.165, 1.54) is 21.7 Å². The van der Waals surface area contributed by atoms with Crippen LogP contribution in [0.15, 0.2) is 39.5 Å². The van der Waals surface area contributed by atoms with Gasteiger partial charge in [0.05, 0.1) is 32.6 Å². The Bertz CT molecular complexity index is 1440. The molecule has 3 heterocycles. The van der Waals surface area contributed by atoms with Gasteiger partial charge in [0, 0.05) is 25.4 Å². The van der Waals surface area contributed by atoms with Gasteiger partial charge < -0.3 is 9.30 Å². The Balaban J connectivity index is 1.64. The number of piperidine rings is 1. The molecule has 0 N–H and O–H groups in total. The lowest BCUT2D eigenvalue weighted by atomic mass is 9.99. The summed E-state index contributed by atoms with van der Waals surface area (Å²) in [5.41, 5.74) is 1.33. The molecule has 0 bridgehead atoms. The first-order valence-electron chi connectivity index (χ1n) is 11.4. The lowest BCUT2D eigenvalue weighted by Gasteiger charge is -2.29. The van der Waals surface area contributed by atoms with E-state index >= 15 is 0 Å². The number of amides is 1. The lowest BCUT2D eigenvalue weighted by Crippen LogP contribution is -2.42. The van der Waals surface area contributed by atoms with Crippen molar-refractivity contribution in [1.82, 2.24) is 8.87 Å². The third kappa shape index (κ3) is 5.89. The molecule has 1 aromatic carbocycles. The molecule has 0 spiro atoms. The van der Waals surface area contributed by atoms with Crippen LogP contribution in [-0.2, 0) is 26.1 Å². The maximum atomic E-state index is 13.3. The molecular weight excluding hydrogens is 562 g/mol. The first-order valence-corrected chi connectivity index (χ1v) is 16.2. The molecule has 36 heavy (non-hydrogen) atoms. The first-order chi connectivity index (χ1) is 17.2. The molecule has 4 rings (SSSR count). The van der Waals surface area contributed by atoms with Crippen molar-refractivity contribution in [3.05, 3.63) is 45.0 Å². The number of carbonyl (C=O) groups is 2. The zero-order valence-corrected chi connectivity index (χ0v) is 23.8. The van der Waals surface area contributed by atoms with Crippen molar-refractivity contribution in [2.75, 3.05) is 31.7 Å². The number of ether oxygens (including phenoxy) is 1. The Morgan fingerprint density at radius 3 is 2.75 bits per heavy atom. The van der Waals surface area contributed by atoms with Crippen LogP contribution in [0.4, 0.5) is 0 Å². The molecule has 1 fully saturated rings. The van der Waals surface area contributed by atoms with Gasteiger partial charge >= 0.3 is 5.97 Å². The maximum absolute atomic E-state index is 13.3. The van der Waals surface area contributed by atoms with E-state index in [0.29, 0.717) is 40.6 Å². The number of hydrogen-bond acceptors (Lipinski definition) is 8. The highest BCUT2D eigenvalue weighted by molar-refractivity contribution is 7.98. The summed E-state index contributed by atoms with van der Waals surface area (Å²) in [6.45, 7) is 3.14. The third-order valence-electron chi connectivity index (χ3n) is 5.79. The van der Waals surface area contributed by atoms with Gasteiger partial charge in [-0.2, -0.15) is 21.1 Å². The minimum absolute atomic E-state index is 0.0862. The predicted molar refractivity (Wildman–Crippen MR) is 146 cm³/mol. The standard InChI is InChI=1S/C23H26ClN3O5S4/c1-3-32-22(29)15-6-7-17-18(13-15)34-23(27(17)11-12-33-2)25-21(28)16-5-4-10-26(14-16)36(30,31)20-9-8-19(24)35-20/h6-9,13,16H,3-5,10-12,14H2,1-2H3. The summed E-state index contributed by atoms with van der Waals surface area (Å²) < 4.78 is 35.9. The number of rotatable bonds is 8. The number of aromatic nitrogens is 1. The van der Waals surface area contributed by atoms with Gasteiger partial charge in [0.1, 0.15) is 4.21 Å². The van der Waals surface area contributed by atoms with Crippen molar-refractivity contribution in [1.29, 1.82) is 0 Å². The van der Waals surface area contributed by atoms with Crippen LogP contribution in [-0.4, -0.2) is 60.9 Å². The average molecular weight is 588 g/mol. The maximum Gasteiger partial charge on any atom is 0.338 e. The summed E-state index contributed by atoms with van der Waals surface area (Å²) in [7, 11) is -3.71. The molecule has 1 saturated heterocycles. The number of thiazole rings is 1. The Morgan fingerprint density at radius 1 is 1.25 bits per heavy atom. The second-order valence-electron chi connectivity index (χ2n) is 8.14. The monoisotopic (exact) mass is 587 g/mol. The molecule has 1 aliphatic heterocycles. The molecular formula is C23H26ClN3O5S4. The summed E-state index contributed by atoms with van der Waals surface area (Å²) in [5.74, 6) is -0.438. The molecule has 194 valence electrons. The van der Waals surface area contributed by atoms with Gasteiger partial charge in [-0.1, -0.05) is 22.9 Å².